The zero-order valence-corrected chi connectivity index (χ0v) is 13.4. The Morgan fingerprint density at radius 3 is 1.80 bits per heavy atom. The number of hydrogen-bond donors (Lipinski definition) is 0. The van der Waals surface area contributed by atoms with Crippen molar-refractivity contribution >= 4 is 0 Å². The van der Waals surface area contributed by atoms with Gasteiger partial charge in [0.25, 0.3) is 0 Å². The van der Waals surface area contributed by atoms with Gasteiger partial charge in [-0.1, -0.05) is 70.2 Å². The van der Waals surface area contributed by atoms with Crippen molar-refractivity contribution in [1.29, 1.82) is 0 Å². The van der Waals surface area contributed by atoms with E-state index < -0.39 is 0 Å². The summed E-state index contributed by atoms with van der Waals surface area (Å²) in [4.78, 5) is 0. The van der Waals surface area contributed by atoms with Crippen molar-refractivity contribution in [3.05, 3.63) is 70.3 Å². The van der Waals surface area contributed by atoms with E-state index in [4.69, 9.17) is 0 Å². The fourth-order valence-electron chi connectivity index (χ4n) is 2.91. The molecule has 0 radical (unpaired) electrons. The van der Waals surface area contributed by atoms with Crippen molar-refractivity contribution < 1.29 is 0 Å². The molecule has 0 spiro atoms. The van der Waals surface area contributed by atoms with Gasteiger partial charge in [0.1, 0.15) is 0 Å². The SMILES string of the molecule is Cc1ccccc1Cc1c(C(C)C)cccc1C(C)C. The largest absolute Gasteiger partial charge is 0.0620 e. The van der Waals surface area contributed by atoms with Crippen LogP contribution in [0.2, 0.25) is 0 Å². The molecule has 0 atom stereocenters. The van der Waals surface area contributed by atoms with Gasteiger partial charge in [-0.15, -0.1) is 0 Å². The van der Waals surface area contributed by atoms with Gasteiger partial charge in [0.05, 0.1) is 0 Å². The lowest BCUT2D eigenvalue weighted by Gasteiger charge is -2.20. The van der Waals surface area contributed by atoms with Crippen LogP contribution in [0.25, 0.3) is 0 Å². The van der Waals surface area contributed by atoms with Crippen LogP contribution < -0.4 is 0 Å². The standard InChI is InChI=1S/C20H26/c1-14(2)18-11-8-12-19(15(3)4)20(18)13-17-10-7-6-9-16(17)5/h6-12,14-15H,13H2,1-5H3. The van der Waals surface area contributed by atoms with Crippen LogP contribution in [0.15, 0.2) is 42.5 Å². The molecule has 0 fully saturated rings. The van der Waals surface area contributed by atoms with Crippen molar-refractivity contribution in [3.8, 4) is 0 Å². The first-order valence-electron chi connectivity index (χ1n) is 7.67. The molecule has 0 bridgehead atoms. The van der Waals surface area contributed by atoms with Gasteiger partial charge < -0.3 is 0 Å². The Bertz CT molecular complexity index is 550. The van der Waals surface area contributed by atoms with E-state index in [1.54, 1.807) is 0 Å². The van der Waals surface area contributed by atoms with Crippen molar-refractivity contribution in [3.63, 3.8) is 0 Å². The van der Waals surface area contributed by atoms with E-state index in [0.717, 1.165) is 6.42 Å². The maximum Gasteiger partial charge on any atom is -0.00175 e. The molecule has 0 aliphatic heterocycles. The van der Waals surface area contributed by atoms with Gasteiger partial charge in [0, 0.05) is 0 Å². The second kappa shape index (κ2) is 6.26. The van der Waals surface area contributed by atoms with E-state index in [1.165, 1.54) is 27.8 Å². The van der Waals surface area contributed by atoms with E-state index >= 15 is 0 Å². The molecule has 0 N–H and O–H groups in total. The molecule has 106 valence electrons. The summed E-state index contributed by atoms with van der Waals surface area (Å²) in [6.45, 7) is 11.4. The number of hydrogen-bond acceptors (Lipinski definition) is 0. The van der Waals surface area contributed by atoms with Crippen LogP contribution in [0.1, 0.15) is 67.3 Å². The van der Waals surface area contributed by atoms with Gasteiger partial charge in [-0.3, -0.25) is 0 Å². The molecule has 0 saturated carbocycles. The molecule has 0 aliphatic rings. The number of benzene rings is 2. The molecule has 0 unspecified atom stereocenters. The molecule has 0 heteroatoms. The number of aryl methyl sites for hydroxylation is 1. The highest BCUT2D eigenvalue weighted by Gasteiger charge is 2.14. The third-order valence-electron chi connectivity index (χ3n) is 4.12. The van der Waals surface area contributed by atoms with Gasteiger partial charge in [-0.25, -0.2) is 0 Å². The molecule has 0 amide bonds. The van der Waals surface area contributed by atoms with Crippen molar-refractivity contribution in [2.45, 2.75) is 52.9 Å². The highest BCUT2D eigenvalue weighted by atomic mass is 14.2. The van der Waals surface area contributed by atoms with E-state index in [1.807, 2.05) is 0 Å². The number of rotatable bonds is 4. The normalized spacial score (nSPS) is 11.3. The molecule has 0 heterocycles. The Labute approximate surface area is 123 Å². The molecule has 2 aromatic rings. The summed E-state index contributed by atoms with van der Waals surface area (Å²) in [5, 5.41) is 0. The van der Waals surface area contributed by atoms with Crippen LogP contribution in [0.4, 0.5) is 0 Å². The molecule has 2 aromatic carbocycles. The lowest BCUT2D eigenvalue weighted by atomic mass is 9.85. The van der Waals surface area contributed by atoms with Crippen LogP contribution in [0.3, 0.4) is 0 Å². The second-order valence-electron chi connectivity index (χ2n) is 6.33. The summed E-state index contributed by atoms with van der Waals surface area (Å²) in [5.41, 5.74) is 7.37. The maximum atomic E-state index is 2.30. The first-order valence-corrected chi connectivity index (χ1v) is 7.67. The van der Waals surface area contributed by atoms with E-state index in [2.05, 4.69) is 77.1 Å². The third-order valence-corrected chi connectivity index (χ3v) is 4.12. The second-order valence-corrected chi connectivity index (χ2v) is 6.33. The van der Waals surface area contributed by atoms with Gasteiger partial charge in [-0.2, -0.15) is 0 Å². The highest BCUT2D eigenvalue weighted by Crippen LogP contribution is 2.30. The maximum absolute atomic E-state index is 2.30. The molecular formula is C20H26. The summed E-state index contributed by atoms with van der Waals surface area (Å²) < 4.78 is 0. The highest BCUT2D eigenvalue weighted by molar-refractivity contribution is 5.43. The first-order chi connectivity index (χ1) is 9.50. The smallest absolute Gasteiger partial charge is 0.00175 e. The fourth-order valence-corrected chi connectivity index (χ4v) is 2.91. The first kappa shape index (κ1) is 14.8. The summed E-state index contributed by atoms with van der Waals surface area (Å²) in [6, 6.07) is 15.5. The molecule has 0 aromatic heterocycles. The minimum absolute atomic E-state index is 0.577. The Hall–Kier alpha value is -1.56. The van der Waals surface area contributed by atoms with E-state index in [9.17, 15) is 0 Å². The molecule has 20 heavy (non-hydrogen) atoms. The van der Waals surface area contributed by atoms with Crippen LogP contribution >= 0.6 is 0 Å². The van der Waals surface area contributed by atoms with Crippen LogP contribution in [-0.2, 0) is 6.42 Å². The Kier molecular flexibility index (Phi) is 4.65. The van der Waals surface area contributed by atoms with Crippen LogP contribution in [0.5, 0.6) is 0 Å². The Morgan fingerprint density at radius 1 is 0.750 bits per heavy atom. The quantitative estimate of drug-likeness (QED) is 0.653. The average molecular weight is 266 g/mol. The Balaban J connectivity index is 2.51. The van der Waals surface area contributed by atoms with E-state index in [0.29, 0.717) is 11.8 Å². The molecule has 0 aliphatic carbocycles. The predicted molar refractivity (Wildman–Crippen MR) is 88.6 cm³/mol. The minimum atomic E-state index is 0.577. The van der Waals surface area contributed by atoms with Crippen molar-refractivity contribution in [2.24, 2.45) is 0 Å². The average Bonchev–Trinajstić information content (AvgIpc) is 2.41. The predicted octanol–water partition coefficient (Wildman–Crippen LogP) is 5.83. The molecule has 0 nitrogen and oxygen atoms in total. The topological polar surface area (TPSA) is 0 Å². The van der Waals surface area contributed by atoms with Crippen molar-refractivity contribution in [1.82, 2.24) is 0 Å². The third kappa shape index (κ3) is 3.12. The fraction of sp³-hybridized carbons (Fsp3) is 0.400. The van der Waals surface area contributed by atoms with Crippen LogP contribution in [0, 0.1) is 6.92 Å². The molecule has 0 saturated heterocycles. The zero-order valence-electron chi connectivity index (χ0n) is 13.4. The lowest BCUT2D eigenvalue weighted by molar-refractivity contribution is 0.805. The van der Waals surface area contributed by atoms with E-state index in [-0.39, 0.29) is 0 Å². The molecular weight excluding hydrogens is 240 g/mol. The Morgan fingerprint density at radius 2 is 1.30 bits per heavy atom. The van der Waals surface area contributed by atoms with Gasteiger partial charge in [0.2, 0.25) is 0 Å². The monoisotopic (exact) mass is 266 g/mol. The summed E-state index contributed by atoms with van der Waals surface area (Å²) in [7, 11) is 0. The summed E-state index contributed by atoms with van der Waals surface area (Å²) >= 11 is 0. The van der Waals surface area contributed by atoms with Gasteiger partial charge >= 0.3 is 0 Å². The van der Waals surface area contributed by atoms with Crippen molar-refractivity contribution in [2.75, 3.05) is 0 Å². The summed E-state index contributed by atoms with van der Waals surface area (Å²) in [6.07, 6.45) is 1.05. The minimum Gasteiger partial charge on any atom is -0.0620 e. The van der Waals surface area contributed by atoms with Gasteiger partial charge in [-0.05, 0) is 53.0 Å². The van der Waals surface area contributed by atoms with Crippen LogP contribution in [-0.4, -0.2) is 0 Å². The molecule has 2 rings (SSSR count). The van der Waals surface area contributed by atoms with Gasteiger partial charge in [0.15, 0.2) is 0 Å². The lowest BCUT2D eigenvalue weighted by Crippen LogP contribution is -2.05. The summed E-state index contributed by atoms with van der Waals surface area (Å²) in [5.74, 6) is 1.15. The zero-order chi connectivity index (χ0) is 14.7.